The van der Waals surface area contributed by atoms with Crippen LogP contribution in [0.3, 0.4) is 0 Å². The van der Waals surface area contributed by atoms with Gasteiger partial charge in [0.05, 0.1) is 13.2 Å². The lowest BCUT2D eigenvalue weighted by Gasteiger charge is -2.15. The molecule has 160 valence electrons. The highest BCUT2D eigenvalue weighted by atomic mass is 17.1. The summed E-state index contributed by atoms with van der Waals surface area (Å²) in [6, 6.07) is 14.9. The fourth-order valence-electron chi connectivity index (χ4n) is 2.83. The number of unbranched alkanes of at least 4 members (excludes halogenated alkanes) is 2. The van der Waals surface area contributed by atoms with E-state index in [9.17, 15) is 10.1 Å². The zero-order chi connectivity index (χ0) is 21.6. The molecule has 0 aromatic heterocycles. The average Bonchev–Trinajstić information content (AvgIpc) is 2.78. The van der Waals surface area contributed by atoms with Gasteiger partial charge >= 0.3 is 5.97 Å². The number of carbonyl (C=O) groups is 1. The van der Waals surface area contributed by atoms with Crippen LogP contribution in [0.4, 0.5) is 0 Å². The maximum absolute atomic E-state index is 11.6. The van der Waals surface area contributed by atoms with Crippen molar-refractivity contribution in [2.45, 2.75) is 38.7 Å². The smallest absolute Gasteiger partial charge is 0.330 e. The zero-order valence-corrected chi connectivity index (χ0v) is 17.5. The van der Waals surface area contributed by atoms with Crippen LogP contribution in [0.15, 0.2) is 67.3 Å². The van der Waals surface area contributed by atoms with Gasteiger partial charge in [-0.2, -0.15) is 0 Å². The fourth-order valence-corrected chi connectivity index (χ4v) is 2.83. The lowest BCUT2D eigenvalue weighted by Crippen LogP contribution is -2.04. The molecule has 0 saturated carbocycles. The first-order valence-corrected chi connectivity index (χ1v) is 10.3. The molecule has 1 unspecified atom stereocenters. The molecule has 0 heterocycles. The third kappa shape index (κ3) is 7.85. The molecule has 30 heavy (non-hydrogen) atoms. The van der Waals surface area contributed by atoms with Gasteiger partial charge in [0.25, 0.3) is 0 Å². The van der Waals surface area contributed by atoms with E-state index in [2.05, 4.69) is 13.5 Å². The summed E-state index contributed by atoms with van der Waals surface area (Å²) in [4.78, 5) is 16.3. The molecular formula is C25H30O5. The van der Waals surface area contributed by atoms with Gasteiger partial charge < -0.3 is 9.47 Å². The number of rotatable bonds is 13. The molecule has 2 aromatic carbocycles. The van der Waals surface area contributed by atoms with Crippen LogP contribution < -0.4 is 4.74 Å². The number of hydrogen-bond acceptors (Lipinski definition) is 5. The Morgan fingerprint density at radius 2 is 1.70 bits per heavy atom. The van der Waals surface area contributed by atoms with Crippen LogP contribution in [0.2, 0.25) is 0 Å². The summed E-state index contributed by atoms with van der Waals surface area (Å²) in [6.45, 7) is 6.76. The summed E-state index contributed by atoms with van der Waals surface area (Å²) in [5, 5.41) is 9.44. The molecule has 2 aromatic rings. The lowest BCUT2D eigenvalue weighted by molar-refractivity contribution is -0.270. The molecule has 0 aliphatic carbocycles. The summed E-state index contributed by atoms with van der Waals surface area (Å²) in [5.41, 5.74) is 2.44. The SMILES string of the molecule is C=CCCOC(=O)C=Cc1ccc(C(OO)c2ccc(OCCCCC)cc2)cc1. The largest absolute Gasteiger partial charge is 0.494 e. The van der Waals surface area contributed by atoms with E-state index >= 15 is 0 Å². The number of benzene rings is 2. The molecule has 0 amide bonds. The predicted molar refractivity (Wildman–Crippen MR) is 118 cm³/mol. The predicted octanol–water partition coefficient (Wildman–Crippen LogP) is 5.97. The van der Waals surface area contributed by atoms with Crippen LogP contribution in [-0.4, -0.2) is 24.4 Å². The zero-order valence-electron chi connectivity index (χ0n) is 17.5. The summed E-state index contributed by atoms with van der Waals surface area (Å²) < 4.78 is 10.7. The maximum atomic E-state index is 11.6. The first kappa shape index (κ1) is 23.4. The Labute approximate surface area is 178 Å². The van der Waals surface area contributed by atoms with Gasteiger partial charge in [-0.1, -0.05) is 62.2 Å². The Morgan fingerprint density at radius 1 is 1.03 bits per heavy atom. The van der Waals surface area contributed by atoms with Gasteiger partial charge in [-0.3, -0.25) is 5.26 Å². The molecule has 5 heteroatoms. The molecule has 0 saturated heterocycles. The van der Waals surface area contributed by atoms with E-state index in [-0.39, 0.29) is 0 Å². The van der Waals surface area contributed by atoms with Gasteiger partial charge in [-0.25, -0.2) is 9.68 Å². The Bertz CT molecular complexity index is 793. The molecule has 0 spiro atoms. The van der Waals surface area contributed by atoms with E-state index in [1.807, 2.05) is 48.5 Å². The minimum atomic E-state index is -0.610. The second-order valence-electron chi connectivity index (χ2n) is 6.85. The second kappa shape index (κ2) is 13.4. The van der Waals surface area contributed by atoms with Crippen LogP contribution in [-0.2, 0) is 14.4 Å². The van der Waals surface area contributed by atoms with Crippen LogP contribution in [0, 0.1) is 0 Å². The first-order valence-electron chi connectivity index (χ1n) is 10.3. The molecule has 1 atom stereocenters. The Balaban J connectivity index is 1.96. The molecule has 5 nitrogen and oxygen atoms in total. The van der Waals surface area contributed by atoms with Crippen molar-refractivity contribution in [3.63, 3.8) is 0 Å². The molecule has 1 N–H and O–H groups in total. The highest BCUT2D eigenvalue weighted by molar-refractivity contribution is 5.87. The van der Waals surface area contributed by atoms with Crippen LogP contribution >= 0.6 is 0 Å². The first-order chi connectivity index (χ1) is 14.7. The monoisotopic (exact) mass is 410 g/mol. The third-order valence-electron chi connectivity index (χ3n) is 4.52. The normalized spacial score (nSPS) is 11.9. The number of carbonyl (C=O) groups excluding carboxylic acids is 1. The third-order valence-corrected chi connectivity index (χ3v) is 4.52. The highest BCUT2D eigenvalue weighted by Crippen LogP contribution is 2.27. The van der Waals surface area contributed by atoms with Gasteiger partial charge in [0.1, 0.15) is 11.9 Å². The van der Waals surface area contributed by atoms with Gasteiger partial charge in [0.15, 0.2) is 0 Å². The highest BCUT2D eigenvalue weighted by Gasteiger charge is 2.15. The average molecular weight is 411 g/mol. The van der Waals surface area contributed by atoms with E-state index in [1.54, 1.807) is 12.2 Å². The van der Waals surface area contributed by atoms with E-state index in [0.717, 1.165) is 41.7 Å². The van der Waals surface area contributed by atoms with Crippen molar-refractivity contribution in [3.8, 4) is 5.75 Å². The van der Waals surface area contributed by atoms with Crippen molar-refractivity contribution in [2.75, 3.05) is 13.2 Å². The fraction of sp³-hybridized carbons (Fsp3) is 0.320. The number of hydrogen-bond donors (Lipinski definition) is 1. The summed E-state index contributed by atoms with van der Waals surface area (Å²) in [6.07, 6.45) is 8.13. The molecule has 0 bridgehead atoms. The molecule has 0 aliphatic rings. The number of ether oxygens (including phenoxy) is 2. The lowest BCUT2D eigenvalue weighted by atomic mass is 10.00. The summed E-state index contributed by atoms with van der Waals surface area (Å²) in [7, 11) is 0. The minimum absolute atomic E-state index is 0.323. The van der Waals surface area contributed by atoms with Crippen molar-refractivity contribution >= 4 is 12.0 Å². The minimum Gasteiger partial charge on any atom is -0.494 e. The van der Waals surface area contributed by atoms with Crippen LogP contribution in [0.1, 0.15) is 55.4 Å². The quantitative estimate of drug-likeness (QED) is 0.110. The van der Waals surface area contributed by atoms with Crippen molar-refractivity contribution in [1.29, 1.82) is 0 Å². The van der Waals surface area contributed by atoms with Crippen LogP contribution in [0.25, 0.3) is 6.08 Å². The molecule has 0 fully saturated rings. The van der Waals surface area contributed by atoms with Crippen molar-refractivity contribution in [1.82, 2.24) is 0 Å². The van der Waals surface area contributed by atoms with Gasteiger partial charge in [0, 0.05) is 6.08 Å². The standard InChI is InChI=1S/C25H30O5/c1-3-5-7-19-28-23-15-13-22(14-16-23)25(30-27)21-11-8-20(9-12-21)10-17-24(26)29-18-6-4-2/h4,8-17,25,27H,2-3,5-7,18-19H2,1H3. The topological polar surface area (TPSA) is 65.0 Å². The van der Waals surface area contributed by atoms with Crippen LogP contribution in [0.5, 0.6) is 5.75 Å². The number of esters is 1. The molecule has 2 rings (SSSR count). The van der Waals surface area contributed by atoms with Gasteiger partial charge in [-0.15, -0.1) is 6.58 Å². The van der Waals surface area contributed by atoms with Gasteiger partial charge in [-0.05, 0) is 47.7 Å². The summed E-state index contributed by atoms with van der Waals surface area (Å²) in [5.74, 6) is 0.404. The Kier molecular flexibility index (Phi) is 10.4. The Morgan fingerprint density at radius 3 is 2.30 bits per heavy atom. The Hall–Kier alpha value is -2.89. The van der Waals surface area contributed by atoms with E-state index < -0.39 is 12.1 Å². The maximum Gasteiger partial charge on any atom is 0.330 e. The van der Waals surface area contributed by atoms with E-state index in [1.165, 1.54) is 6.08 Å². The van der Waals surface area contributed by atoms with Gasteiger partial charge in [0.2, 0.25) is 0 Å². The van der Waals surface area contributed by atoms with E-state index in [0.29, 0.717) is 19.6 Å². The summed E-state index contributed by atoms with van der Waals surface area (Å²) >= 11 is 0. The molecule has 0 radical (unpaired) electrons. The van der Waals surface area contributed by atoms with Crippen molar-refractivity contribution in [3.05, 3.63) is 84.0 Å². The second-order valence-corrected chi connectivity index (χ2v) is 6.85. The van der Waals surface area contributed by atoms with Crippen molar-refractivity contribution in [2.24, 2.45) is 0 Å². The molecular weight excluding hydrogens is 380 g/mol. The van der Waals surface area contributed by atoms with E-state index in [4.69, 9.17) is 14.4 Å². The van der Waals surface area contributed by atoms with Crippen molar-refractivity contribution < 1.29 is 24.4 Å². The molecule has 0 aliphatic heterocycles.